The first kappa shape index (κ1) is 19.0. The van der Waals surface area contributed by atoms with Gasteiger partial charge in [0.15, 0.2) is 0 Å². The zero-order chi connectivity index (χ0) is 18.7. The number of para-hydroxylation sites is 2. The van der Waals surface area contributed by atoms with Gasteiger partial charge in [-0.3, -0.25) is 9.69 Å². The molecule has 2 saturated heterocycles. The van der Waals surface area contributed by atoms with Gasteiger partial charge in [0.1, 0.15) is 5.75 Å². The van der Waals surface area contributed by atoms with Gasteiger partial charge < -0.3 is 14.5 Å². The van der Waals surface area contributed by atoms with Crippen molar-refractivity contribution < 1.29 is 9.53 Å². The fraction of sp³-hybridized carbons (Fsp3) is 0.667. The van der Waals surface area contributed by atoms with Gasteiger partial charge in [0.05, 0.1) is 24.4 Å². The standard InChI is InChI=1S/C21H33N3O2/c1-5-22-13-9-8-11-18(22)20(25)23-14-15-24(21(2,3)16-23)17-10-6-7-12-19(17)26-4/h6-7,10,12,18H,5,8-9,11,13-16H2,1-4H3. The number of carbonyl (C=O) groups is 1. The highest BCUT2D eigenvalue weighted by molar-refractivity contribution is 5.82. The lowest BCUT2D eigenvalue weighted by molar-refractivity contribution is -0.139. The largest absolute Gasteiger partial charge is 0.495 e. The molecule has 2 fully saturated rings. The molecule has 0 aliphatic carbocycles. The van der Waals surface area contributed by atoms with Crippen molar-refractivity contribution in [2.24, 2.45) is 0 Å². The summed E-state index contributed by atoms with van der Waals surface area (Å²) in [7, 11) is 1.72. The van der Waals surface area contributed by atoms with Gasteiger partial charge in [-0.1, -0.05) is 25.5 Å². The molecule has 1 amide bonds. The van der Waals surface area contributed by atoms with Gasteiger partial charge in [-0.05, 0) is 51.9 Å². The van der Waals surface area contributed by atoms with Gasteiger partial charge in [0, 0.05) is 19.6 Å². The van der Waals surface area contributed by atoms with E-state index in [9.17, 15) is 4.79 Å². The molecule has 1 atom stereocenters. The van der Waals surface area contributed by atoms with Crippen LogP contribution in [0.3, 0.4) is 0 Å². The van der Waals surface area contributed by atoms with Crippen molar-refractivity contribution in [2.45, 2.75) is 51.6 Å². The summed E-state index contributed by atoms with van der Waals surface area (Å²) in [4.78, 5) is 20.0. The monoisotopic (exact) mass is 359 g/mol. The molecule has 2 heterocycles. The molecular weight excluding hydrogens is 326 g/mol. The topological polar surface area (TPSA) is 36.0 Å². The molecule has 2 aliphatic heterocycles. The molecule has 0 N–H and O–H groups in total. The SMILES string of the molecule is CCN1CCCCC1C(=O)N1CCN(c2ccccc2OC)C(C)(C)C1. The van der Waals surface area contributed by atoms with Crippen LogP contribution in [0.25, 0.3) is 0 Å². The number of likely N-dealkylation sites (N-methyl/N-ethyl adjacent to an activating group) is 1. The number of nitrogens with zero attached hydrogens (tertiary/aromatic N) is 3. The van der Waals surface area contributed by atoms with Crippen molar-refractivity contribution in [1.29, 1.82) is 0 Å². The predicted octanol–water partition coefficient (Wildman–Crippen LogP) is 3.00. The van der Waals surface area contributed by atoms with Gasteiger partial charge in [-0.2, -0.15) is 0 Å². The Morgan fingerprint density at radius 3 is 2.65 bits per heavy atom. The van der Waals surface area contributed by atoms with Gasteiger partial charge in [-0.15, -0.1) is 0 Å². The number of piperidine rings is 1. The third-order valence-corrected chi connectivity index (χ3v) is 5.89. The molecule has 26 heavy (non-hydrogen) atoms. The number of methoxy groups -OCH3 is 1. The summed E-state index contributed by atoms with van der Waals surface area (Å²) in [5, 5.41) is 0. The summed E-state index contributed by atoms with van der Waals surface area (Å²) in [6, 6.07) is 8.23. The van der Waals surface area contributed by atoms with Crippen molar-refractivity contribution in [3.05, 3.63) is 24.3 Å². The first-order valence-electron chi connectivity index (χ1n) is 9.91. The van der Waals surface area contributed by atoms with Gasteiger partial charge in [0.25, 0.3) is 0 Å². The molecule has 0 bridgehead atoms. The van der Waals surface area contributed by atoms with Crippen LogP contribution in [-0.4, -0.2) is 67.1 Å². The summed E-state index contributed by atoms with van der Waals surface area (Å²) < 4.78 is 5.56. The number of hydrogen-bond donors (Lipinski definition) is 0. The van der Waals surface area contributed by atoms with Crippen molar-refractivity contribution in [1.82, 2.24) is 9.80 Å². The normalized spacial score (nSPS) is 23.8. The molecule has 0 aromatic heterocycles. The highest BCUT2D eigenvalue weighted by Crippen LogP contribution is 2.35. The lowest BCUT2D eigenvalue weighted by Crippen LogP contribution is -2.63. The summed E-state index contributed by atoms with van der Waals surface area (Å²) in [6.45, 7) is 11.0. The van der Waals surface area contributed by atoms with Crippen LogP contribution in [0.4, 0.5) is 5.69 Å². The Kier molecular flexibility index (Phi) is 5.76. The van der Waals surface area contributed by atoms with E-state index in [1.807, 2.05) is 18.2 Å². The van der Waals surface area contributed by atoms with Crippen molar-refractivity contribution in [3.8, 4) is 5.75 Å². The third-order valence-electron chi connectivity index (χ3n) is 5.89. The zero-order valence-corrected chi connectivity index (χ0v) is 16.7. The second-order valence-electron chi connectivity index (χ2n) is 8.04. The lowest BCUT2D eigenvalue weighted by atomic mass is 9.95. The van der Waals surface area contributed by atoms with Gasteiger partial charge >= 0.3 is 0 Å². The second kappa shape index (κ2) is 7.87. The Morgan fingerprint density at radius 2 is 1.96 bits per heavy atom. The van der Waals surface area contributed by atoms with E-state index in [1.165, 1.54) is 6.42 Å². The van der Waals surface area contributed by atoms with Gasteiger partial charge in [-0.25, -0.2) is 0 Å². The van der Waals surface area contributed by atoms with Crippen molar-refractivity contribution in [3.63, 3.8) is 0 Å². The minimum atomic E-state index is -0.131. The van der Waals surface area contributed by atoms with Crippen LogP contribution < -0.4 is 9.64 Å². The van der Waals surface area contributed by atoms with Gasteiger partial charge in [0.2, 0.25) is 5.91 Å². The van der Waals surface area contributed by atoms with E-state index >= 15 is 0 Å². The Morgan fingerprint density at radius 1 is 1.19 bits per heavy atom. The summed E-state index contributed by atoms with van der Waals surface area (Å²) >= 11 is 0. The van der Waals surface area contributed by atoms with Crippen molar-refractivity contribution >= 4 is 11.6 Å². The fourth-order valence-corrected chi connectivity index (χ4v) is 4.50. The molecule has 144 valence electrons. The van der Waals surface area contributed by atoms with E-state index in [2.05, 4.69) is 41.5 Å². The van der Waals surface area contributed by atoms with Crippen molar-refractivity contribution in [2.75, 3.05) is 44.7 Å². The number of piperazine rings is 1. The lowest BCUT2D eigenvalue weighted by Gasteiger charge is -2.50. The number of rotatable bonds is 4. The Labute approximate surface area is 157 Å². The first-order valence-corrected chi connectivity index (χ1v) is 9.91. The molecule has 2 aliphatic rings. The summed E-state index contributed by atoms with van der Waals surface area (Å²) in [5.41, 5.74) is 0.980. The molecule has 5 heteroatoms. The Hall–Kier alpha value is -1.75. The molecule has 1 unspecified atom stereocenters. The second-order valence-corrected chi connectivity index (χ2v) is 8.04. The molecule has 3 rings (SSSR count). The van der Waals surface area contributed by atoms with Crippen LogP contribution in [0.1, 0.15) is 40.0 Å². The van der Waals surface area contributed by atoms with Crippen LogP contribution >= 0.6 is 0 Å². The van der Waals surface area contributed by atoms with E-state index in [4.69, 9.17) is 4.74 Å². The molecular formula is C21H33N3O2. The molecule has 5 nitrogen and oxygen atoms in total. The van der Waals surface area contributed by atoms with E-state index in [0.717, 1.165) is 57.0 Å². The Balaban J connectivity index is 1.75. The number of carbonyl (C=O) groups excluding carboxylic acids is 1. The number of amides is 1. The van der Waals surface area contributed by atoms with E-state index in [0.29, 0.717) is 5.91 Å². The van der Waals surface area contributed by atoms with Crippen LogP contribution in [0.15, 0.2) is 24.3 Å². The predicted molar refractivity (Wildman–Crippen MR) is 106 cm³/mol. The van der Waals surface area contributed by atoms with E-state index < -0.39 is 0 Å². The average Bonchev–Trinajstić information content (AvgIpc) is 2.66. The summed E-state index contributed by atoms with van der Waals surface area (Å²) in [5.74, 6) is 1.21. The first-order chi connectivity index (χ1) is 12.5. The average molecular weight is 360 g/mol. The van der Waals surface area contributed by atoms with Crippen LogP contribution in [0.2, 0.25) is 0 Å². The quantitative estimate of drug-likeness (QED) is 0.828. The number of likely N-dealkylation sites (tertiary alicyclic amines) is 1. The fourth-order valence-electron chi connectivity index (χ4n) is 4.50. The number of ether oxygens (including phenoxy) is 1. The maximum atomic E-state index is 13.2. The van der Waals surface area contributed by atoms with Crippen LogP contribution in [0, 0.1) is 0 Å². The van der Waals surface area contributed by atoms with Crippen LogP contribution in [-0.2, 0) is 4.79 Å². The smallest absolute Gasteiger partial charge is 0.240 e. The molecule has 1 aromatic rings. The van der Waals surface area contributed by atoms with Crippen LogP contribution in [0.5, 0.6) is 5.75 Å². The number of anilines is 1. The zero-order valence-electron chi connectivity index (χ0n) is 16.7. The minimum absolute atomic E-state index is 0.0716. The highest BCUT2D eigenvalue weighted by Gasteiger charge is 2.39. The van der Waals surface area contributed by atoms with E-state index in [1.54, 1.807) is 7.11 Å². The molecule has 0 radical (unpaired) electrons. The minimum Gasteiger partial charge on any atom is -0.495 e. The highest BCUT2D eigenvalue weighted by atomic mass is 16.5. The number of benzene rings is 1. The maximum absolute atomic E-state index is 13.2. The van der Waals surface area contributed by atoms with E-state index in [-0.39, 0.29) is 11.6 Å². The maximum Gasteiger partial charge on any atom is 0.240 e. The number of hydrogen-bond acceptors (Lipinski definition) is 4. The molecule has 0 spiro atoms. The molecule has 0 saturated carbocycles. The Bertz CT molecular complexity index is 631. The third kappa shape index (κ3) is 3.68. The molecule has 1 aromatic carbocycles. The summed E-state index contributed by atoms with van der Waals surface area (Å²) in [6.07, 6.45) is 3.38.